The van der Waals surface area contributed by atoms with Crippen LogP contribution in [0.2, 0.25) is 0 Å². The van der Waals surface area contributed by atoms with Crippen molar-refractivity contribution in [1.82, 2.24) is 10.6 Å². The summed E-state index contributed by atoms with van der Waals surface area (Å²) in [7, 11) is 0. The van der Waals surface area contributed by atoms with E-state index in [0.29, 0.717) is 18.0 Å². The predicted octanol–water partition coefficient (Wildman–Crippen LogP) is 4.26. The van der Waals surface area contributed by atoms with Crippen molar-refractivity contribution in [2.75, 3.05) is 6.54 Å². The van der Waals surface area contributed by atoms with E-state index in [-0.39, 0.29) is 5.91 Å². The van der Waals surface area contributed by atoms with E-state index in [4.69, 9.17) is 4.74 Å². The van der Waals surface area contributed by atoms with Gasteiger partial charge in [-0.3, -0.25) is 4.79 Å². The summed E-state index contributed by atoms with van der Waals surface area (Å²) in [6.07, 6.45) is 1.62. The molecule has 1 saturated carbocycles. The summed E-state index contributed by atoms with van der Waals surface area (Å²) in [5, 5.41) is 7.95. The summed E-state index contributed by atoms with van der Waals surface area (Å²) < 4.78 is 5.32. The molecule has 1 atom stereocenters. The third-order valence-electron chi connectivity index (χ3n) is 4.91. The van der Waals surface area contributed by atoms with Crippen LogP contribution < -0.4 is 10.6 Å². The lowest BCUT2D eigenvalue weighted by Crippen LogP contribution is -2.55. The molecule has 1 aliphatic rings. The molecule has 0 heterocycles. The van der Waals surface area contributed by atoms with E-state index in [1.807, 2.05) is 70.2 Å². The molecule has 5 heteroatoms. The summed E-state index contributed by atoms with van der Waals surface area (Å²) in [4.78, 5) is 25.1. The molecular formula is C22H28N2O3. The van der Waals surface area contributed by atoms with E-state index in [1.165, 1.54) is 0 Å². The standard InChI is InChI=1S/C22H28N2O3/c1-21(2,3)27-20(26)23-14-22(4,16-12-13-16)24-19(25)18-11-7-9-15-8-5-6-10-17(15)18/h5-11,16H,12-14H2,1-4H3,(H,23,26)(H,24,25). The molecule has 1 unspecified atom stereocenters. The molecule has 3 rings (SSSR count). The van der Waals surface area contributed by atoms with Gasteiger partial charge in [-0.25, -0.2) is 4.79 Å². The highest BCUT2D eigenvalue weighted by Crippen LogP contribution is 2.39. The maximum atomic E-state index is 13.0. The van der Waals surface area contributed by atoms with E-state index < -0.39 is 17.2 Å². The highest BCUT2D eigenvalue weighted by molar-refractivity contribution is 6.07. The monoisotopic (exact) mass is 368 g/mol. The molecule has 5 nitrogen and oxygen atoms in total. The van der Waals surface area contributed by atoms with Crippen molar-refractivity contribution in [3.8, 4) is 0 Å². The van der Waals surface area contributed by atoms with Gasteiger partial charge in [0.05, 0.1) is 5.54 Å². The zero-order valence-corrected chi connectivity index (χ0v) is 16.5. The number of amides is 2. The topological polar surface area (TPSA) is 67.4 Å². The van der Waals surface area contributed by atoms with Gasteiger partial charge in [0.2, 0.25) is 0 Å². The number of nitrogens with one attached hydrogen (secondary N) is 2. The Morgan fingerprint density at radius 2 is 1.70 bits per heavy atom. The van der Waals surface area contributed by atoms with Crippen LogP contribution in [0.1, 0.15) is 50.9 Å². The van der Waals surface area contributed by atoms with Crippen LogP contribution in [0, 0.1) is 5.92 Å². The first-order chi connectivity index (χ1) is 12.7. The van der Waals surface area contributed by atoms with Crippen LogP contribution in [-0.2, 0) is 4.74 Å². The molecule has 2 aromatic rings. The van der Waals surface area contributed by atoms with Gasteiger partial charge in [0, 0.05) is 12.1 Å². The second-order valence-corrected chi connectivity index (χ2v) is 8.53. The Bertz CT molecular complexity index is 847. The Balaban J connectivity index is 1.73. The largest absolute Gasteiger partial charge is 0.444 e. The average molecular weight is 368 g/mol. The van der Waals surface area contributed by atoms with Crippen molar-refractivity contribution >= 4 is 22.8 Å². The second-order valence-electron chi connectivity index (χ2n) is 8.53. The van der Waals surface area contributed by atoms with Gasteiger partial charge in [0.25, 0.3) is 5.91 Å². The maximum absolute atomic E-state index is 13.0. The first-order valence-electron chi connectivity index (χ1n) is 9.45. The molecule has 0 radical (unpaired) electrons. The highest BCUT2D eigenvalue weighted by Gasteiger charge is 2.43. The fourth-order valence-corrected chi connectivity index (χ4v) is 3.33. The van der Waals surface area contributed by atoms with Crippen LogP contribution in [0.15, 0.2) is 42.5 Å². The Kier molecular flexibility index (Phi) is 5.13. The number of rotatable bonds is 5. The predicted molar refractivity (Wildman–Crippen MR) is 107 cm³/mol. The van der Waals surface area contributed by atoms with E-state index in [2.05, 4.69) is 10.6 Å². The summed E-state index contributed by atoms with van der Waals surface area (Å²) in [5.41, 5.74) is -0.408. The zero-order chi connectivity index (χ0) is 19.7. The van der Waals surface area contributed by atoms with Gasteiger partial charge in [0.1, 0.15) is 5.60 Å². The molecule has 0 aliphatic heterocycles. The molecule has 1 fully saturated rings. The smallest absolute Gasteiger partial charge is 0.407 e. The average Bonchev–Trinajstić information content (AvgIpc) is 3.43. The minimum Gasteiger partial charge on any atom is -0.444 e. The molecule has 27 heavy (non-hydrogen) atoms. The van der Waals surface area contributed by atoms with Crippen molar-refractivity contribution < 1.29 is 14.3 Å². The van der Waals surface area contributed by atoms with E-state index in [9.17, 15) is 9.59 Å². The lowest BCUT2D eigenvalue weighted by molar-refractivity contribution is 0.0502. The van der Waals surface area contributed by atoms with Crippen molar-refractivity contribution in [1.29, 1.82) is 0 Å². The molecule has 144 valence electrons. The molecule has 0 spiro atoms. The van der Waals surface area contributed by atoms with Gasteiger partial charge in [-0.1, -0.05) is 36.4 Å². The third-order valence-corrected chi connectivity index (χ3v) is 4.91. The van der Waals surface area contributed by atoms with Gasteiger partial charge in [-0.05, 0) is 63.3 Å². The number of hydrogen-bond donors (Lipinski definition) is 2. The minimum absolute atomic E-state index is 0.118. The van der Waals surface area contributed by atoms with Crippen LogP contribution in [-0.4, -0.2) is 29.7 Å². The molecule has 0 aromatic heterocycles. The molecule has 1 aliphatic carbocycles. The first kappa shape index (κ1) is 19.2. The van der Waals surface area contributed by atoms with Crippen molar-refractivity contribution in [2.45, 2.75) is 51.7 Å². The van der Waals surface area contributed by atoms with Crippen LogP contribution in [0.25, 0.3) is 10.8 Å². The number of carbonyl (C=O) groups excluding carboxylic acids is 2. The number of ether oxygens (including phenoxy) is 1. The van der Waals surface area contributed by atoms with Gasteiger partial charge < -0.3 is 15.4 Å². The van der Waals surface area contributed by atoms with Gasteiger partial charge in [-0.15, -0.1) is 0 Å². The summed E-state index contributed by atoms with van der Waals surface area (Å²) in [5.74, 6) is 0.235. The third kappa shape index (κ3) is 4.79. The van der Waals surface area contributed by atoms with Crippen molar-refractivity contribution in [3.05, 3.63) is 48.0 Å². The normalized spacial score (nSPS) is 16.4. The number of carbonyl (C=O) groups is 2. The van der Waals surface area contributed by atoms with Crippen LogP contribution in [0.4, 0.5) is 4.79 Å². The van der Waals surface area contributed by atoms with E-state index >= 15 is 0 Å². The Morgan fingerprint density at radius 1 is 1.04 bits per heavy atom. The fourth-order valence-electron chi connectivity index (χ4n) is 3.33. The zero-order valence-electron chi connectivity index (χ0n) is 16.5. The molecule has 0 bridgehead atoms. The summed E-state index contributed by atoms with van der Waals surface area (Å²) in [6, 6.07) is 13.6. The van der Waals surface area contributed by atoms with Crippen LogP contribution in [0.3, 0.4) is 0 Å². The van der Waals surface area contributed by atoms with Crippen LogP contribution in [0.5, 0.6) is 0 Å². The number of benzene rings is 2. The number of alkyl carbamates (subject to hydrolysis) is 1. The number of hydrogen-bond acceptors (Lipinski definition) is 3. The van der Waals surface area contributed by atoms with Gasteiger partial charge >= 0.3 is 6.09 Å². The Labute approximate surface area is 160 Å². The van der Waals surface area contributed by atoms with Gasteiger partial charge in [-0.2, -0.15) is 0 Å². The summed E-state index contributed by atoms with van der Waals surface area (Å²) in [6.45, 7) is 7.81. The first-order valence-corrected chi connectivity index (χ1v) is 9.45. The fraction of sp³-hybridized carbons (Fsp3) is 0.455. The molecular weight excluding hydrogens is 340 g/mol. The minimum atomic E-state index is -0.549. The Morgan fingerprint density at radius 3 is 2.37 bits per heavy atom. The lowest BCUT2D eigenvalue weighted by Gasteiger charge is -2.32. The van der Waals surface area contributed by atoms with E-state index in [0.717, 1.165) is 23.6 Å². The lowest BCUT2D eigenvalue weighted by atomic mass is 9.94. The van der Waals surface area contributed by atoms with E-state index in [1.54, 1.807) is 0 Å². The highest BCUT2D eigenvalue weighted by atomic mass is 16.6. The number of fused-ring (bicyclic) bond motifs is 1. The molecule has 2 N–H and O–H groups in total. The summed E-state index contributed by atoms with van der Waals surface area (Å²) >= 11 is 0. The molecule has 2 amide bonds. The maximum Gasteiger partial charge on any atom is 0.407 e. The quantitative estimate of drug-likeness (QED) is 0.828. The van der Waals surface area contributed by atoms with Crippen molar-refractivity contribution in [2.24, 2.45) is 5.92 Å². The Hall–Kier alpha value is -2.56. The molecule has 2 aromatic carbocycles. The SMILES string of the molecule is CC(C)(C)OC(=O)NCC(C)(NC(=O)c1cccc2ccccc12)C1CC1. The second kappa shape index (κ2) is 7.22. The molecule has 0 saturated heterocycles. The van der Waals surface area contributed by atoms with Crippen molar-refractivity contribution in [3.63, 3.8) is 0 Å². The van der Waals surface area contributed by atoms with Gasteiger partial charge in [0.15, 0.2) is 0 Å². The van der Waals surface area contributed by atoms with Crippen LogP contribution >= 0.6 is 0 Å².